The molecule has 0 saturated heterocycles. The number of hydrogen-bond donors (Lipinski definition) is 1. The zero-order chi connectivity index (χ0) is 14.7. The minimum Gasteiger partial charge on any atom is -0.508 e. The highest BCUT2D eigenvalue weighted by Gasteiger charge is 2.18. The summed E-state index contributed by atoms with van der Waals surface area (Å²) in [7, 11) is 1.61. The summed E-state index contributed by atoms with van der Waals surface area (Å²) < 4.78 is 0. The number of nitriles is 1. The highest BCUT2D eigenvalue weighted by atomic mass is 16.3. The van der Waals surface area contributed by atoms with Crippen molar-refractivity contribution in [3.05, 3.63) is 59.2 Å². The summed E-state index contributed by atoms with van der Waals surface area (Å²) in [5.74, 6) is -0.182. The molecule has 0 aromatic heterocycles. The number of phenolic OH excluding ortho intramolecular Hbond substituents is 1. The number of aromatic hydroxyl groups is 1. The van der Waals surface area contributed by atoms with Gasteiger partial charge >= 0.3 is 0 Å². The number of carbonyl (C=O) groups is 1. The Morgan fingerprint density at radius 1 is 1.20 bits per heavy atom. The molecule has 0 aliphatic carbocycles. The molecular weight excluding hydrogens is 252 g/mol. The van der Waals surface area contributed by atoms with E-state index in [9.17, 15) is 9.90 Å². The number of benzene rings is 2. The van der Waals surface area contributed by atoms with E-state index in [1.54, 1.807) is 50.4 Å². The Bertz CT molecular complexity index is 702. The molecule has 0 heterocycles. The van der Waals surface area contributed by atoms with Gasteiger partial charge in [-0.15, -0.1) is 0 Å². The van der Waals surface area contributed by atoms with Crippen LogP contribution in [0.5, 0.6) is 5.75 Å². The first-order valence-corrected chi connectivity index (χ1v) is 6.12. The van der Waals surface area contributed by atoms with E-state index >= 15 is 0 Å². The van der Waals surface area contributed by atoms with Crippen LogP contribution in [-0.4, -0.2) is 18.1 Å². The summed E-state index contributed by atoms with van der Waals surface area (Å²) >= 11 is 0. The molecule has 0 fully saturated rings. The van der Waals surface area contributed by atoms with Gasteiger partial charge in [0.1, 0.15) is 11.8 Å². The molecule has 0 radical (unpaired) electrons. The van der Waals surface area contributed by atoms with Crippen LogP contribution in [0.25, 0.3) is 0 Å². The smallest absolute Gasteiger partial charge is 0.258 e. The number of amides is 1. The molecule has 0 saturated carbocycles. The zero-order valence-corrected chi connectivity index (χ0v) is 11.3. The fourth-order valence-electron chi connectivity index (χ4n) is 2.01. The predicted octanol–water partition coefficient (Wildman–Crippen LogP) is 2.85. The summed E-state index contributed by atoms with van der Waals surface area (Å²) in [6.45, 7) is 1.69. The lowest BCUT2D eigenvalue weighted by Gasteiger charge is -2.19. The molecule has 2 rings (SSSR count). The normalized spacial score (nSPS) is 9.85. The molecule has 0 aliphatic heterocycles. The van der Waals surface area contributed by atoms with Gasteiger partial charge in [0.2, 0.25) is 0 Å². The van der Waals surface area contributed by atoms with Crippen molar-refractivity contribution < 1.29 is 9.90 Å². The molecule has 2 aromatic rings. The Hall–Kier alpha value is -2.80. The SMILES string of the molecule is Cc1c(O)cccc1C(=O)N(C)c1ccccc1C#N. The lowest BCUT2D eigenvalue weighted by atomic mass is 10.1. The van der Waals surface area contributed by atoms with Gasteiger partial charge in [0.15, 0.2) is 0 Å². The van der Waals surface area contributed by atoms with Gasteiger partial charge in [-0.05, 0) is 31.2 Å². The van der Waals surface area contributed by atoms with Crippen molar-refractivity contribution in [2.24, 2.45) is 0 Å². The third-order valence-electron chi connectivity index (χ3n) is 3.23. The molecule has 0 aliphatic rings. The number of anilines is 1. The molecule has 1 amide bonds. The minimum atomic E-state index is -0.263. The highest BCUT2D eigenvalue weighted by Crippen LogP contribution is 2.24. The number of para-hydroxylation sites is 1. The summed E-state index contributed by atoms with van der Waals surface area (Å²) in [5.41, 5.74) is 1.92. The molecule has 4 heteroatoms. The Kier molecular flexibility index (Phi) is 3.72. The molecule has 0 unspecified atom stereocenters. The largest absolute Gasteiger partial charge is 0.508 e. The van der Waals surface area contributed by atoms with Gasteiger partial charge in [-0.1, -0.05) is 18.2 Å². The fourth-order valence-corrected chi connectivity index (χ4v) is 2.01. The lowest BCUT2D eigenvalue weighted by molar-refractivity contribution is 0.0992. The maximum atomic E-state index is 12.5. The van der Waals surface area contributed by atoms with Gasteiger partial charge in [0.25, 0.3) is 5.91 Å². The minimum absolute atomic E-state index is 0.0813. The Balaban J connectivity index is 2.44. The molecule has 0 spiro atoms. The number of phenols is 1. The van der Waals surface area contributed by atoms with Crippen molar-refractivity contribution in [2.75, 3.05) is 11.9 Å². The second-order valence-corrected chi connectivity index (χ2v) is 4.44. The third-order valence-corrected chi connectivity index (χ3v) is 3.23. The zero-order valence-electron chi connectivity index (χ0n) is 11.3. The van der Waals surface area contributed by atoms with E-state index in [4.69, 9.17) is 5.26 Å². The van der Waals surface area contributed by atoms with Crippen LogP contribution in [0.4, 0.5) is 5.69 Å². The van der Waals surface area contributed by atoms with Crippen LogP contribution in [0.1, 0.15) is 21.5 Å². The van der Waals surface area contributed by atoms with Crippen LogP contribution in [0, 0.1) is 18.3 Å². The van der Waals surface area contributed by atoms with Crippen molar-refractivity contribution in [2.45, 2.75) is 6.92 Å². The van der Waals surface area contributed by atoms with Gasteiger partial charge in [-0.25, -0.2) is 0 Å². The Labute approximate surface area is 117 Å². The lowest BCUT2D eigenvalue weighted by Crippen LogP contribution is -2.27. The quantitative estimate of drug-likeness (QED) is 0.909. The average Bonchev–Trinajstić information content (AvgIpc) is 2.48. The average molecular weight is 266 g/mol. The summed E-state index contributed by atoms with van der Waals surface area (Å²) in [5, 5.41) is 18.8. The monoisotopic (exact) mass is 266 g/mol. The standard InChI is InChI=1S/C16H14N2O2/c1-11-13(7-5-9-15(11)19)16(20)18(2)14-8-4-3-6-12(14)10-17/h3-9,19H,1-2H3. The molecule has 100 valence electrons. The Morgan fingerprint density at radius 2 is 1.90 bits per heavy atom. The second kappa shape index (κ2) is 5.45. The number of hydrogen-bond acceptors (Lipinski definition) is 3. The van der Waals surface area contributed by atoms with Crippen LogP contribution < -0.4 is 4.90 Å². The number of carbonyl (C=O) groups excluding carboxylic acids is 1. The van der Waals surface area contributed by atoms with Crippen molar-refractivity contribution in [1.82, 2.24) is 0 Å². The van der Waals surface area contributed by atoms with Crippen molar-refractivity contribution in [3.63, 3.8) is 0 Å². The van der Waals surface area contributed by atoms with Gasteiger partial charge in [0, 0.05) is 18.2 Å². The van der Waals surface area contributed by atoms with E-state index in [0.717, 1.165) is 0 Å². The topological polar surface area (TPSA) is 64.3 Å². The highest BCUT2D eigenvalue weighted by molar-refractivity contribution is 6.07. The summed E-state index contributed by atoms with van der Waals surface area (Å²) in [6, 6.07) is 13.8. The van der Waals surface area contributed by atoms with Crippen LogP contribution in [0.2, 0.25) is 0 Å². The molecule has 0 atom stereocenters. The van der Waals surface area contributed by atoms with E-state index in [2.05, 4.69) is 6.07 Å². The van der Waals surface area contributed by atoms with Crippen molar-refractivity contribution in [1.29, 1.82) is 5.26 Å². The molecule has 0 bridgehead atoms. The van der Waals surface area contributed by atoms with E-state index in [1.165, 1.54) is 11.0 Å². The molecule has 20 heavy (non-hydrogen) atoms. The first-order valence-electron chi connectivity index (χ1n) is 6.12. The summed E-state index contributed by atoms with van der Waals surface area (Å²) in [4.78, 5) is 13.9. The molecular formula is C16H14N2O2. The fraction of sp³-hybridized carbons (Fsp3) is 0.125. The molecule has 2 aromatic carbocycles. The third kappa shape index (κ3) is 2.34. The molecule has 1 N–H and O–H groups in total. The van der Waals surface area contributed by atoms with E-state index in [0.29, 0.717) is 22.4 Å². The second-order valence-electron chi connectivity index (χ2n) is 4.44. The number of rotatable bonds is 2. The van der Waals surface area contributed by atoms with Crippen molar-refractivity contribution in [3.8, 4) is 11.8 Å². The first-order chi connectivity index (χ1) is 9.56. The predicted molar refractivity (Wildman–Crippen MR) is 76.7 cm³/mol. The van der Waals surface area contributed by atoms with Crippen LogP contribution in [-0.2, 0) is 0 Å². The Morgan fingerprint density at radius 3 is 2.60 bits per heavy atom. The van der Waals surface area contributed by atoms with E-state index in [1.807, 2.05) is 0 Å². The van der Waals surface area contributed by atoms with Gasteiger partial charge < -0.3 is 10.0 Å². The van der Waals surface area contributed by atoms with Gasteiger partial charge in [-0.3, -0.25) is 4.79 Å². The van der Waals surface area contributed by atoms with Gasteiger partial charge in [-0.2, -0.15) is 5.26 Å². The van der Waals surface area contributed by atoms with Crippen LogP contribution >= 0.6 is 0 Å². The van der Waals surface area contributed by atoms with E-state index < -0.39 is 0 Å². The summed E-state index contributed by atoms with van der Waals surface area (Å²) in [6.07, 6.45) is 0. The van der Waals surface area contributed by atoms with E-state index in [-0.39, 0.29) is 11.7 Å². The van der Waals surface area contributed by atoms with Crippen LogP contribution in [0.3, 0.4) is 0 Å². The first kappa shape index (κ1) is 13.6. The molecule has 4 nitrogen and oxygen atoms in total. The maximum Gasteiger partial charge on any atom is 0.258 e. The maximum absolute atomic E-state index is 12.5. The van der Waals surface area contributed by atoms with Crippen LogP contribution in [0.15, 0.2) is 42.5 Å². The number of nitrogens with zero attached hydrogens (tertiary/aromatic N) is 2. The van der Waals surface area contributed by atoms with Crippen molar-refractivity contribution >= 4 is 11.6 Å². The van der Waals surface area contributed by atoms with Gasteiger partial charge in [0.05, 0.1) is 11.3 Å².